The Hall–Kier alpha value is -0.340. The van der Waals surface area contributed by atoms with Crippen molar-refractivity contribution >= 4 is 0 Å². The Labute approximate surface area is 94.1 Å². The minimum atomic E-state index is 0.540. The first-order chi connectivity index (χ1) is 7.43. The SMILES string of the molecule is C=CCCCCCNCCC1CCCO1. The molecule has 1 saturated heterocycles. The third-order valence-electron chi connectivity index (χ3n) is 2.93. The van der Waals surface area contributed by atoms with E-state index in [1.54, 1.807) is 0 Å². The quantitative estimate of drug-likeness (QED) is 0.468. The van der Waals surface area contributed by atoms with Gasteiger partial charge in [0.15, 0.2) is 0 Å². The maximum atomic E-state index is 5.56. The van der Waals surface area contributed by atoms with Crippen molar-refractivity contribution in [2.75, 3.05) is 19.7 Å². The first-order valence-electron chi connectivity index (χ1n) is 6.36. The largest absolute Gasteiger partial charge is 0.378 e. The van der Waals surface area contributed by atoms with E-state index in [1.807, 2.05) is 6.08 Å². The number of hydrogen-bond acceptors (Lipinski definition) is 2. The topological polar surface area (TPSA) is 21.3 Å². The molecular formula is C13H25NO. The molecular weight excluding hydrogens is 186 g/mol. The summed E-state index contributed by atoms with van der Waals surface area (Å²) in [5, 5.41) is 3.48. The summed E-state index contributed by atoms with van der Waals surface area (Å²) in [7, 11) is 0. The first kappa shape index (κ1) is 12.7. The fourth-order valence-corrected chi connectivity index (χ4v) is 1.98. The summed E-state index contributed by atoms with van der Waals surface area (Å²) in [5.74, 6) is 0. The number of nitrogens with one attached hydrogen (secondary N) is 1. The molecule has 2 heteroatoms. The Morgan fingerprint density at radius 2 is 2.20 bits per heavy atom. The number of allylic oxidation sites excluding steroid dienone is 1. The summed E-state index contributed by atoms with van der Waals surface area (Å²) < 4.78 is 5.56. The van der Waals surface area contributed by atoms with Crippen molar-refractivity contribution in [2.45, 2.75) is 51.0 Å². The molecule has 0 bridgehead atoms. The zero-order chi connectivity index (χ0) is 10.8. The highest BCUT2D eigenvalue weighted by Crippen LogP contribution is 2.14. The Bertz CT molecular complexity index is 153. The second-order valence-electron chi connectivity index (χ2n) is 4.31. The molecule has 1 fully saturated rings. The highest BCUT2D eigenvalue weighted by Gasteiger charge is 2.13. The van der Waals surface area contributed by atoms with E-state index in [2.05, 4.69) is 11.9 Å². The highest BCUT2D eigenvalue weighted by molar-refractivity contribution is 4.67. The van der Waals surface area contributed by atoms with E-state index in [4.69, 9.17) is 4.74 Å². The highest BCUT2D eigenvalue weighted by atomic mass is 16.5. The predicted octanol–water partition coefficient (Wildman–Crippen LogP) is 2.89. The number of hydrogen-bond donors (Lipinski definition) is 1. The Kier molecular flexibility index (Phi) is 7.58. The van der Waals surface area contributed by atoms with E-state index < -0.39 is 0 Å². The average Bonchev–Trinajstić information content (AvgIpc) is 2.75. The minimum Gasteiger partial charge on any atom is -0.378 e. The lowest BCUT2D eigenvalue weighted by molar-refractivity contribution is 0.104. The fraction of sp³-hybridized carbons (Fsp3) is 0.846. The van der Waals surface area contributed by atoms with E-state index in [9.17, 15) is 0 Å². The molecule has 0 saturated carbocycles. The molecule has 0 aromatic rings. The van der Waals surface area contributed by atoms with Crippen LogP contribution in [-0.4, -0.2) is 25.8 Å². The van der Waals surface area contributed by atoms with Gasteiger partial charge in [-0.15, -0.1) is 6.58 Å². The van der Waals surface area contributed by atoms with Gasteiger partial charge < -0.3 is 10.1 Å². The Balaban J connectivity index is 1.74. The molecule has 1 atom stereocenters. The van der Waals surface area contributed by atoms with Gasteiger partial charge in [0.2, 0.25) is 0 Å². The van der Waals surface area contributed by atoms with E-state index >= 15 is 0 Å². The van der Waals surface area contributed by atoms with Crippen LogP contribution in [-0.2, 0) is 4.74 Å². The molecule has 1 rings (SSSR count). The zero-order valence-corrected chi connectivity index (χ0v) is 9.84. The molecule has 0 aromatic carbocycles. The number of unbranched alkanes of at least 4 members (excludes halogenated alkanes) is 3. The van der Waals surface area contributed by atoms with Crippen molar-refractivity contribution in [1.29, 1.82) is 0 Å². The van der Waals surface area contributed by atoms with Crippen LogP contribution in [0.15, 0.2) is 12.7 Å². The van der Waals surface area contributed by atoms with Gasteiger partial charge in [-0.05, 0) is 51.6 Å². The summed E-state index contributed by atoms with van der Waals surface area (Å²) in [6.07, 6.45) is 11.3. The van der Waals surface area contributed by atoms with Crippen LogP contribution in [0.2, 0.25) is 0 Å². The lowest BCUT2D eigenvalue weighted by atomic mass is 10.1. The molecule has 1 aliphatic rings. The average molecular weight is 211 g/mol. The molecule has 1 N–H and O–H groups in total. The first-order valence-corrected chi connectivity index (χ1v) is 6.36. The van der Waals surface area contributed by atoms with Crippen molar-refractivity contribution < 1.29 is 4.74 Å². The fourth-order valence-electron chi connectivity index (χ4n) is 1.98. The van der Waals surface area contributed by atoms with E-state index in [0.29, 0.717) is 6.10 Å². The maximum Gasteiger partial charge on any atom is 0.0588 e. The summed E-state index contributed by atoms with van der Waals surface area (Å²) in [6, 6.07) is 0. The molecule has 0 amide bonds. The van der Waals surface area contributed by atoms with Gasteiger partial charge in [0.1, 0.15) is 0 Å². The molecule has 1 heterocycles. The van der Waals surface area contributed by atoms with Crippen molar-refractivity contribution in [2.24, 2.45) is 0 Å². The molecule has 0 spiro atoms. The van der Waals surface area contributed by atoms with Crippen molar-refractivity contribution in [3.63, 3.8) is 0 Å². The normalized spacial score (nSPS) is 20.7. The second kappa shape index (κ2) is 8.93. The third-order valence-corrected chi connectivity index (χ3v) is 2.93. The lowest BCUT2D eigenvalue weighted by Crippen LogP contribution is -2.21. The second-order valence-corrected chi connectivity index (χ2v) is 4.31. The number of rotatable bonds is 9. The van der Waals surface area contributed by atoms with E-state index in [-0.39, 0.29) is 0 Å². The Morgan fingerprint density at radius 1 is 1.27 bits per heavy atom. The van der Waals surface area contributed by atoms with Crippen LogP contribution in [0.1, 0.15) is 44.9 Å². The van der Waals surface area contributed by atoms with Crippen LogP contribution in [0.5, 0.6) is 0 Å². The summed E-state index contributed by atoms with van der Waals surface area (Å²) in [5.41, 5.74) is 0. The van der Waals surface area contributed by atoms with Crippen molar-refractivity contribution in [3.8, 4) is 0 Å². The van der Waals surface area contributed by atoms with Crippen LogP contribution in [0.25, 0.3) is 0 Å². The van der Waals surface area contributed by atoms with Crippen molar-refractivity contribution in [1.82, 2.24) is 5.32 Å². The molecule has 0 radical (unpaired) electrons. The molecule has 0 aromatic heterocycles. The van der Waals surface area contributed by atoms with Crippen molar-refractivity contribution in [3.05, 3.63) is 12.7 Å². The Morgan fingerprint density at radius 3 is 2.93 bits per heavy atom. The van der Waals surface area contributed by atoms with Crippen LogP contribution in [0.3, 0.4) is 0 Å². The van der Waals surface area contributed by atoms with Crippen LogP contribution >= 0.6 is 0 Å². The lowest BCUT2D eigenvalue weighted by Gasteiger charge is -2.09. The van der Waals surface area contributed by atoms with Gasteiger partial charge in [0.25, 0.3) is 0 Å². The molecule has 1 unspecified atom stereocenters. The number of ether oxygens (including phenoxy) is 1. The van der Waals surface area contributed by atoms with Gasteiger partial charge >= 0.3 is 0 Å². The maximum absolute atomic E-state index is 5.56. The summed E-state index contributed by atoms with van der Waals surface area (Å²) in [4.78, 5) is 0. The summed E-state index contributed by atoms with van der Waals surface area (Å²) in [6.45, 7) is 6.97. The molecule has 1 aliphatic heterocycles. The van der Waals surface area contributed by atoms with E-state index in [1.165, 1.54) is 38.5 Å². The van der Waals surface area contributed by atoms with Gasteiger partial charge in [0.05, 0.1) is 6.10 Å². The van der Waals surface area contributed by atoms with Gasteiger partial charge in [-0.3, -0.25) is 0 Å². The monoisotopic (exact) mass is 211 g/mol. The smallest absolute Gasteiger partial charge is 0.0588 e. The summed E-state index contributed by atoms with van der Waals surface area (Å²) >= 11 is 0. The van der Waals surface area contributed by atoms with E-state index in [0.717, 1.165) is 26.1 Å². The molecule has 15 heavy (non-hydrogen) atoms. The minimum absolute atomic E-state index is 0.540. The van der Waals surface area contributed by atoms with Gasteiger partial charge in [0, 0.05) is 6.61 Å². The van der Waals surface area contributed by atoms with Crippen LogP contribution < -0.4 is 5.32 Å². The molecule has 0 aliphatic carbocycles. The third kappa shape index (κ3) is 6.69. The predicted molar refractivity (Wildman–Crippen MR) is 65.1 cm³/mol. The zero-order valence-electron chi connectivity index (χ0n) is 9.84. The van der Waals surface area contributed by atoms with Crippen LogP contribution in [0, 0.1) is 0 Å². The van der Waals surface area contributed by atoms with Crippen LogP contribution in [0.4, 0.5) is 0 Å². The molecule has 2 nitrogen and oxygen atoms in total. The van der Waals surface area contributed by atoms with Gasteiger partial charge in [-0.25, -0.2) is 0 Å². The standard InChI is InChI=1S/C13H25NO/c1-2-3-4-5-6-10-14-11-9-13-8-7-12-15-13/h2,13-14H,1,3-12H2. The van der Waals surface area contributed by atoms with Gasteiger partial charge in [-0.1, -0.05) is 12.5 Å². The molecule has 88 valence electrons. The van der Waals surface area contributed by atoms with Gasteiger partial charge in [-0.2, -0.15) is 0 Å².